The van der Waals surface area contributed by atoms with Crippen LogP contribution in [-0.2, 0) is 4.79 Å². The van der Waals surface area contributed by atoms with Gasteiger partial charge in [0.25, 0.3) is 0 Å². The second-order valence-electron chi connectivity index (χ2n) is 8.21. The summed E-state index contributed by atoms with van der Waals surface area (Å²) in [6.45, 7) is 6.48. The highest BCUT2D eigenvalue weighted by Gasteiger charge is 2.35. The van der Waals surface area contributed by atoms with Gasteiger partial charge in [-0.3, -0.25) is 9.69 Å². The zero-order valence-corrected chi connectivity index (χ0v) is 16.0. The van der Waals surface area contributed by atoms with Crippen molar-refractivity contribution in [3.8, 4) is 0 Å². The van der Waals surface area contributed by atoms with Crippen molar-refractivity contribution >= 4 is 5.91 Å². The number of carbonyl (C=O) groups excluding carboxylic acids is 1. The van der Waals surface area contributed by atoms with Crippen molar-refractivity contribution in [3.05, 3.63) is 35.9 Å². The molecule has 1 aromatic rings. The summed E-state index contributed by atoms with van der Waals surface area (Å²) in [7, 11) is 0. The molecule has 0 saturated carbocycles. The number of rotatable bonds is 4. The van der Waals surface area contributed by atoms with Gasteiger partial charge in [-0.15, -0.1) is 0 Å². The van der Waals surface area contributed by atoms with Crippen molar-refractivity contribution in [2.45, 2.75) is 57.0 Å². The summed E-state index contributed by atoms with van der Waals surface area (Å²) in [5.41, 5.74) is 1.17. The van der Waals surface area contributed by atoms with E-state index in [1.54, 1.807) is 0 Å². The van der Waals surface area contributed by atoms with E-state index in [1.807, 2.05) is 6.07 Å². The molecule has 4 rings (SSSR count). The molecule has 26 heavy (non-hydrogen) atoms. The van der Waals surface area contributed by atoms with Crippen LogP contribution in [0.3, 0.4) is 0 Å². The second kappa shape index (κ2) is 8.53. The van der Waals surface area contributed by atoms with Crippen molar-refractivity contribution in [1.29, 1.82) is 0 Å². The highest BCUT2D eigenvalue weighted by molar-refractivity contribution is 5.83. The largest absolute Gasteiger partial charge is 0.341 e. The van der Waals surface area contributed by atoms with Crippen LogP contribution in [-0.4, -0.2) is 65.9 Å². The Morgan fingerprint density at radius 2 is 1.42 bits per heavy atom. The fraction of sp³-hybridized carbons (Fsp3) is 0.682. The zero-order chi connectivity index (χ0) is 17.8. The van der Waals surface area contributed by atoms with Crippen molar-refractivity contribution in [2.24, 2.45) is 0 Å². The molecule has 0 spiro atoms. The van der Waals surface area contributed by atoms with Gasteiger partial charge < -0.3 is 9.80 Å². The summed E-state index contributed by atoms with van der Waals surface area (Å²) in [5.74, 6) is 0.331. The van der Waals surface area contributed by atoms with Crippen LogP contribution in [0.15, 0.2) is 30.3 Å². The third-order valence-electron chi connectivity index (χ3n) is 6.54. The predicted molar refractivity (Wildman–Crippen MR) is 105 cm³/mol. The van der Waals surface area contributed by atoms with Gasteiger partial charge in [0.05, 0.1) is 0 Å². The number of benzene rings is 1. The Balaban J connectivity index is 1.44. The van der Waals surface area contributed by atoms with Crippen LogP contribution in [0, 0.1) is 0 Å². The van der Waals surface area contributed by atoms with E-state index < -0.39 is 0 Å². The van der Waals surface area contributed by atoms with E-state index in [0.29, 0.717) is 11.9 Å². The van der Waals surface area contributed by atoms with E-state index in [2.05, 4.69) is 39.0 Å². The SMILES string of the molecule is O=C([C@@H](c1ccccc1)N1CCCCC1)N1CCC(N2CCCC2)CC1. The van der Waals surface area contributed by atoms with Gasteiger partial charge in [-0.2, -0.15) is 0 Å². The summed E-state index contributed by atoms with van der Waals surface area (Å²) in [4.78, 5) is 20.7. The van der Waals surface area contributed by atoms with Crippen LogP contribution in [0.1, 0.15) is 56.6 Å². The van der Waals surface area contributed by atoms with Gasteiger partial charge in [0, 0.05) is 19.1 Å². The number of carbonyl (C=O) groups is 1. The predicted octanol–water partition coefficient (Wildman–Crippen LogP) is 3.30. The first-order valence-corrected chi connectivity index (χ1v) is 10.6. The van der Waals surface area contributed by atoms with Crippen molar-refractivity contribution in [3.63, 3.8) is 0 Å². The summed E-state index contributed by atoms with van der Waals surface area (Å²) >= 11 is 0. The first-order valence-electron chi connectivity index (χ1n) is 10.6. The topological polar surface area (TPSA) is 26.8 Å². The molecule has 4 nitrogen and oxygen atoms in total. The molecule has 0 aliphatic carbocycles. The molecular weight excluding hydrogens is 322 g/mol. The van der Waals surface area contributed by atoms with E-state index in [-0.39, 0.29) is 6.04 Å². The maximum atomic E-state index is 13.5. The van der Waals surface area contributed by atoms with Crippen LogP contribution < -0.4 is 0 Å². The molecule has 0 N–H and O–H groups in total. The molecule has 0 bridgehead atoms. The van der Waals surface area contributed by atoms with Crippen molar-refractivity contribution in [2.75, 3.05) is 39.3 Å². The van der Waals surface area contributed by atoms with Crippen LogP contribution >= 0.6 is 0 Å². The Bertz CT molecular complexity index is 570. The number of likely N-dealkylation sites (tertiary alicyclic amines) is 3. The van der Waals surface area contributed by atoms with Gasteiger partial charge in [-0.05, 0) is 70.3 Å². The van der Waals surface area contributed by atoms with Crippen LogP contribution in [0.2, 0.25) is 0 Å². The third-order valence-corrected chi connectivity index (χ3v) is 6.54. The standard InChI is InChI=1S/C22H33N3O/c26-22(25-17-11-20(12-18-25)23-13-7-8-14-23)21(19-9-3-1-4-10-19)24-15-5-2-6-16-24/h1,3-4,9-10,20-21H,2,5-8,11-18H2/t21-/m1/s1. The van der Waals surface area contributed by atoms with Gasteiger partial charge in [-0.25, -0.2) is 0 Å². The molecule has 0 radical (unpaired) electrons. The smallest absolute Gasteiger partial charge is 0.244 e. The van der Waals surface area contributed by atoms with E-state index in [1.165, 1.54) is 50.8 Å². The summed E-state index contributed by atoms with van der Waals surface area (Å²) in [6.07, 6.45) is 8.73. The van der Waals surface area contributed by atoms with Crippen LogP contribution in [0.5, 0.6) is 0 Å². The zero-order valence-electron chi connectivity index (χ0n) is 16.0. The minimum absolute atomic E-state index is 0.0835. The summed E-state index contributed by atoms with van der Waals surface area (Å²) in [5, 5.41) is 0. The Kier molecular flexibility index (Phi) is 5.91. The molecule has 1 aromatic carbocycles. The van der Waals surface area contributed by atoms with E-state index in [0.717, 1.165) is 39.0 Å². The molecule has 3 aliphatic rings. The van der Waals surface area contributed by atoms with E-state index in [9.17, 15) is 4.79 Å². The highest BCUT2D eigenvalue weighted by atomic mass is 16.2. The molecule has 1 amide bonds. The number of hydrogen-bond acceptors (Lipinski definition) is 3. The summed E-state index contributed by atoms with van der Waals surface area (Å²) in [6, 6.07) is 11.1. The minimum atomic E-state index is -0.0835. The van der Waals surface area contributed by atoms with Crippen LogP contribution in [0.4, 0.5) is 0 Å². The number of amides is 1. The Morgan fingerprint density at radius 3 is 2.08 bits per heavy atom. The van der Waals surface area contributed by atoms with E-state index >= 15 is 0 Å². The van der Waals surface area contributed by atoms with Gasteiger partial charge in [-0.1, -0.05) is 36.8 Å². The third kappa shape index (κ3) is 3.96. The minimum Gasteiger partial charge on any atom is -0.341 e. The highest BCUT2D eigenvalue weighted by Crippen LogP contribution is 2.29. The number of piperidine rings is 2. The second-order valence-corrected chi connectivity index (χ2v) is 8.21. The van der Waals surface area contributed by atoms with Crippen molar-refractivity contribution in [1.82, 2.24) is 14.7 Å². The maximum Gasteiger partial charge on any atom is 0.244 e. The average molecular weight is 356 g/mol. The van der Waals surface area contributed by atoms with Crippen molar-refractivity contribution < 1.29 is 4.79 Å². The van der Waals surface area contributed by atoms with E-state index in [4.69, 9.17) is 0 Å². The molecular formula is C22H33N3O. The molecule has 3 saturated heterocycles. The normalized spacial score (nSPS) is 24.7. The fourth-order valence-electron chi connectivity index (χ4n) is 5.05. The summed E-state index contributed by atoms with van der Waals surface area (Å²) < 4.78 is 0. The molecule has 3 heterocycles. The first-order chi connectivity index (χ1) is 12.8. The maximum absolute atomic E-state index is 13.5. The lowest BCUT2D eigenvalue weighted by Crippen LogP contribution is -2.50. The molecule has 0 aromatic heterocycles. The Hall–Kier alpha value is -1.39. The monoisotopic (exact) mass is 355 g/mol. The Morgan fingerprint density at radius 1 is 0.808 bits per heavy atom. The van der Waals surface area contributed by atoms with Gasteiger partial charge in [0.2, 0.25) is 5.91 Å². The van der Waals surface area contributed by atoms with Gasteiger partial charge in [0.15, 0.2) is 0 Å². The van der Waals surface area contributed by atoms with Gasteiger partial charge >= 0.3 is 0 Å². The van der Waals surface area contributed by atoms with Crippen LogP contribution in [0.25, 0.3) is 0 Å². The molecule has 142 valence electrons. The molecule has 4 heteroatoms. The lowest BCUT2D eigenvalue weighted by molar-refractivity contribution is -0.139. The molecule has 3 aliphatic heterocycles. The molecule has 0 unspecified atom stereocenters. The number of hydrogen-bond donors (Lipinski definition) is 0. The van der Waals surface area contributed by atoms with Gasteiger partial charge in [0.1, 0.15) is 6.04 Å². The Labute approximate surface area is 158 Å². The molecule has 3 fully saturated rings. The quantitative estimate of drug-likeness (QED) is 0.829. The first kappa shape index (κ1) is 18.0. The average Bonchev–Trinajstić information content (AvgIpc) is 3.25. The fourth-order valence-corrected chi connectivity index (χ4v) is 5.05. The molecule has 1 atom stereocenters. The number of nitrogens with zero attached hydrogens (tertiary/aromatic N) is 3. The lowest BCUT2D eigenvalue weighted by Gasteiger charge is -2.41. The lowest BCUT2D eigenvalue weighted by atomic mass is 9.98.